The Labute approximate surface area is 171 Å². The maximum absolute atomic E-state index is 13.1. The molecule has 1 fully saturated rings. The second kappa shape index (κ2) is 7.25. The van der Waals surface area contributed by atoms with Crippen molar-refractivity contribution in [3.05, 3.63) is 60.2 Å². The highest BCUT2D eigenvalue weighted by Gasteiger charge is 2.26. The number of carbonyl (C=O) groups excluding carboxylic acids is 1. The van der Waals surface area contributed by atoms with Gasteiger partial charge in [0.2, 0.25) is 0 Å². The van der Waals surface area contributed by atoms with Crippen LogP contribution in [0.25, 0.3) is 16.2 Å². The molecule has 0 N–H and O–H groups in total. The van der Waals surface area contributed by atoms with E-state index in [0.717, 1.165) is 34.3 Å². The summed E-state index contributed by atoms with van der Waals surface area (Å²) < 4.78 is 1.71. The number of aromatic nitrogens is 5. The quantitative estimate of drug-likeness (QED) is 0.521. The van der Waals surface area contributed by atoms with Gasteiger partial charge in [0.25, 0.3) is 5.91 Å². The molecule has 0 saturated carbocycles. The summed E-state index contributed by atoms with van der Waals surface area (Å²) in [7, 11) is 0. The molecule has 0 unspecified atom stereocenters. The number of rotatable bonds is 3. The van der Waals surface area contributed by atoms with E-state index < -0.39 is 0 Å². The molecule has 5 rings (SSSR count). The van der Waals surface area contributed by atoms with Crippen molar-refractivity contribution in [1.82, 2.24) is 29.6 Å². The number of carbonyl (C=O) groups is 1. The first-order valence-electron chi connectivity index (χ1n) is 9.42. The zero-order valence-electron chi connectivity index (χ0n) is 15.9. The molecular weight excluding hydrogens is 386 g/mol. The third kappa shape index (κ3) is 3.23. The summed E-state index contributed by atoms with van der Waals surface area (Å²) in [6.45, 7) is 4.70. The Hall–Kier alpha value is -3.33. The summed E-state index contributed by atoms with van der Waals surface area (Å²) in [5, 5.41) is 5.33. The average Bonchev–Trinajstić information content (AvgIpc) is 3.37. The fraction of sp³-hybridized carbons (Fsp3) is 0.250. The molecule has 9 heteroatoms. The van der Waals surface area contributed by atoms with Crippen LogP contribution in [0.5, 0.6) is 0 Å². The van der Waals surface area contributed by atoms with Crippen molar-refractivity contribution < 1.29 is 4.79 Å². The first kappa shape index (κ1) is 17.7. The lowest BCUT2D eigenvalue weighted by Gasteiger charge is -2.34. The largest absolute Gasteiger partial charge is 0.344 e. The zero-order chi connectivity index (χ0) is 19.8. The molecule has 0 spiro atoms. The summed E-state index contributed by atoms with van der Waals surface area (Å²) in [4.78, 5) is 31.5. The van der Waals surface area contributed by atoms with Gasteiger partial charge in [-0.1, -0.05) is 17.4 Å². The molecule has 1 aliphatic rings. The van der Waals surface area contributed by atoms with Crippen LogP contribution in [-0.2, 0) is 0 Å². The number of thiazole rings is 1. The van der Waals surface area contributed by atoms with Crippen molar-refractivity contribution in [2.75, 3.05) is 31.1 Å². The molecule has 1 saturated heterocycles. The first-order chi connectivity index (χ1) is 14.2. The highest BCUT2D eigenvalue weighted by Crippen LogP contribution is 2.28. The van der Waals surface area contributed by atoms with Crippen molar-refractivity contribution in [2.24, 2.45) is 0 Å². The van der Waals surface area contributed by atoms with E-state index in [1.807, 2.05) is 42.2 Å². The average molecular weight is 405 g/mol. The van der Waals surface area contributed by atoms with Crippen LogP contribution in [0.3, 0.4) is 0 Å². The Morgan fingerprint density at radius 2 is 1.86 bits per heavy atom. The fourth-order valence-corrected chi connectivity index (χ4v) is 4.45. The fourth-order valence-electron chi connectivity index (χ4n) is 3.49. The Balaban J connectivity index is 1.30. The Kier molecular flexibility index (Phi) is 4.44. The van der Waals surface area contributed by atoms with Gasteiger partial charge in [0.05, 0.1) is 17.5 Å². The van der Waals surface area contributed by atoms with E-state index in [2.05, 4.69) is 25.0 Å². The van der Waals surface area contributed by atoms with Crippen molar-refractivity contribution in [3.63, 3.8) is 0 Å². The number of piperazine rings is 1. The topological polar surface area (TPSA) is 80.0 Å². The number of anilines is 1. The minimum Gasteiger partial charge on any atom is -0.344 e. The summed E-state index contributed by atoms with van der Waals surface area (Å²) >= 11 is 1.59. The lowest BCUT2D eigenvalue weighted by atomic mass is 10.2. The molecule has 0 aromatic carbocycles. The summed E-state index contributed by atoms with van der Waals surface area (Å²) in [6, 6.07) is 9.51. The highest BCUT2D eigenvalue weighted by atomic mass is 32.1. The normalized spacial score (nSPS) is 14.5. The summed E-state index contributed by atoms with van der Waals surface area (Å²) in [6.07, 6.45) is 5.14. The van der Waals surface area contributed by atoms with E-state index in [-0.39, 0.29) is 5.91 Å². The van der Waals surface area contributed by atoms with Gasteiger partial charge in [-0.25, -0.2) is 19.6 Å². The van der Waals surface area contributed by atoms with Crippen LogP contribution in [-0.4, -0.2) is 61.7 Å². The van der Waals surface area contributed by atoms with Gasteiger partial charge in [0.15, 0.2) is 10.9 Å². The molecular formula is C20H19N7OS. The molecule has 1 amide bonds. The van der Waals surface area contributed by atoms with E-state index in [1.54, 1.807) is 34.6 Å². The molecule has 0 radical (unpaired) electrons. The lowest BCUT2D eigenvalue weighted by Crippen LogP contribution is -2.48. The number of nitrogens with zero attached hydrogens (tertiary/aromatic N) is 7. The van der Waals surface area contributed by atoms with E-state index >= 15 is 0 Å². The van der Waals surface area contributed by atoms with E-state index in [1.165, 1.54) is 0 Å². The second-order valence-corrected chi connectivity index (χ2v) is 7.80. The van der Waals surface area contributed by atoms with E-state index in [0.29, 0.717) is 24.5 Å². The number of fused-ring (bicyclic) bond motifs is 1. The lowest BCUT2D eigenvalue weighted by molar-refractivity contribution is 0.0746. The van der Waals surface area contributed by atoms with Gasteiger partial charge >= 0.3 is 0 Å². The maximum Gasteiger partial charge on any atom is 0.257 e. The predicted molar refractivity (Wildman–Crippen MR) is 112 cm³/mol. The molecule has 0 bridgehead atoms. The minimum atomic E-state index is 0.00953. The first-order valence-corrected chi connectivity index (χ1v) is 10.2. The van der Waals surface area contributed by atoms with Crippen molar-refractivity contribution in [1.29, 1.82) is 0 Å². The molecule has 0 atom stereocenters. The molecule has 4 aromatic rings. The molecule has 29 heavy (non-hydrogen) atoms. The maximum atomic E-state index is 13.1. The second-order valence-electron chi connectivity index (χ2n) is 6.85. The molecule has 5 heterocycles. The van der Waals surface area contributed by atoms with Gasteiger partial charge in [-0.2, -0.15) is 5.10 Å². The number of hydrogen-bond donors (Lipinski definition) is 0. The van der Waals surface area contributed by atoms with Crippen LogP contribution >= 0.6 is 11.3 Å². The van der Waals surface area contributed by atoms with Crippen LogP contribution in [0.2, 0.25) is 0 Å². The molecule has 1 aliphatic heterocycles. The van der Waals surface area contributed by atoms with Gasteiger partial charge in [-0.05, 0) is 31.2 Å². The minimum absolute atomic E-state index is 0.00953. The van der Waals surface area contributed by atoms with Crippen LogP contribution in [0.15, 0.2) is 48.9 Å². The Bertz CT molecular complexity index is 1130. The summed E-state index contributed by atoms with van der Waals surface area (Å²) in [5.41, 5.74) is 2.34. The van der Waals surface area contributed by atoms with Crippen molar-refractivity contribution in [2.45, 2.75) is 6.92 Å². The molecule has 0 aliphatic carbocycles. The third-order valence-corrected chi connectivity index (χ3v) is 6.14. The summed E-state index contributed by atoms with van der Waals surface area (Å²) in [5.74, 6) is 0.716. The number of pyridine rings is 2. The monoisotopic (exact) mass is 405 g/mol. The van der Waals surface area contributed by atoms with Gasteiger partial charge in [0.1, 0.15) is 10.3 Å². The zero-order valence-corrected chi connectivity index (χ0v) is 16.7. The van der Waals surface area contributed by atoms with Crippen LogP contribution in [0.1, 0.15) is 16.1 Å². The highest BCUT2D eigenvalue weighted by molar-refractivity contribution is 7.21. The molecule has 4 aromatic heterocycles. The standard InChI is InChI=1S/C20H19N7OS/c1-14-15(13-23-27(14)17-6-2-3-7-21-17)19(28)25-9-11-26(12-10-25)20-24-16-5-4-8-22-18(16)29-20/h2-8,13H,9-12H2,1H3. The van der Waals surface area contributed by atoms with Crippen LogP contribution in [0.4, 0.5) is 5.13 Å². The molecule has 146 valence electrons. The third-order valence-electron chi connectivity index (χ3n) is 5.10. The Morgan fingerprint density at radius 1 is 1.03 bits per heavy atom. The SMILES string of the molecule is Cc1c(C(=O)N2CCN(c3nc4cccnc4s3)CC2)cnn1-c1ccccn1. The Morgan fingerprint density at radius 3 is 2.62 bits per heavy atom. The number of hydrogen-bond acceptors (Lipinski definition) is 7. The van der Waals surface area contributed by atoms with Gasteiger partial charge in [-0.15, -0.1) is 0 Å². The van der Waals surface area contributed by atoms with Gasteiger partial charge in [-0.3, -0.25) is 4.79 Å². The van der Waals surface area contributed by atoms with Gasteiger partial charge < -0.3 is 9.80 Å². The van der Waals surface area contributed by atoms with Crippen molar-refractivity contribution >= 4 is 32.7 Å². The van der Waals surface area contributed by atoms with E-state index in [9.17, 15) is 4.79 Å². The van der Waals surface area contributed by atoms with Crippen molar-refractivity contribution in [3.8, 4) is 5.82 Å². The number of amides is 1. The van der Waals surface area contributed by atoms with Crippen LogP contribution < -0.4 is 4.90 Å². The smallest absolute Gasteiger partial charge is 0.257 e. The van der Waals surface area contributed by atoms with E-state index in [4.69, 9.17) is 0 Å². The van der Waals surface area contributed by atoms with Crippen LogP contribution in [0, 0.1) is 6.92 Å². The predicted octanol–water partition coefficient (Wildman–Crippen LogP) is 2.54. The molecule has 8 nitrogen and oxygen atoms in total. The van der Waals surface area contributed by atoms with Gasteiger partial charge in [0, 0.05) is 38.6 Å².